The van der Waals surface area contributed by atoms with Crippen molar-refractivity contribution in [1.82, 2.24) is 34.3 Å². The van der Waals surface area contributed by atoms with Crippen LogP contribution in [-0.2, 0) is 32.8 Å². The van der Waals surface area contributed by atoms with Crippen LogP contribution in [0.25, 0.3) is 33.7 Å². The lowest BCUT2D eigenvalue weighted by molar-refractivity contribution is -0.0914. The second-order valence-electron chi connectivity index (χ2n) is 16.5. The second kappa shape index (κ2) is 19.3. The van der Waals surface area contributed by atoms with Gasteiger partial charge in [0.1, 0.15) is 11.6 Å². The third kappa shape index (κ3) is 8.44. The Hall–Kier alpha value is -7.54. The average Bonchev–Trinajstić information content (AvgIpc) is 4.06. The number of tetrazole rings is 1. The van der Waals surface area contributed by atoms with Crippen LogP contribution in [0, 0.1) is 6.92 Å². The fourth-order valence-electron chi connectivity index (χ4n) is 9.44. The lowest BCUT2D eigenvalue weighted by atomic mass is 9.77. The molecule has 1 saturated carbocycles. The minimum absolute atomic E-state index is 0.185. The Morgan fingerprint density at radius 1 is 0.758 bits per heavy atom. The molecule has 13 heteroatoms. The Labute approximate surface area is 383 Å². The van der Waals surface area contributed by atoms with Crippen molar-refractivity contribution in [3.63, 3.8) is 0 Å². The molecular formula is C53H53N7O6. The minimum atomic E-state index is -1.18. The van der Waals surface area contributed by atoms with E-state index in [2.05, 4.69) is 127 Å². The highest BCUT2D eigenvalue weighted by molar-refractivity contribution is 6.02. The fraction of sp³-hybridized carbons (Fsp3) is 0.283. The molecule has 0 amide bonds. The first-order valence-corrected chi connectivity index (χ1v) is 22.8. The van der Waals surface area contributed by atoms with Gasteiger partial charge in [0.2, 0.25) is 6.29 Å². The third-order valence-electron chi connectivity index (χ3n) is 12.4. The predicted octanol–water partition coefficient (Wildman–Crippen LogP) is 10.8. The van der Waals surface area contributed by atoms with Gasteiger partial charge in [0.15, 0.2) is 5.82 Å². The normalized spacial score (nSPS) is 13.6. The zero-order valence-electron chi connectivity index (χ0n) is 37.7. The van der Waals surface area contributed by atoms with E-state index in [4.69, 9.17) is 34.2 Å². The quantitative estimate of drug-likeness (QED) is 0.0556. The Morgan fingerprint density at radius 2 is 1.39 bits per heavy atom. The summed E-state index contributed by atoms with van der Waals surface area (Å²) in [4.78, 5) is 31.1. The Morgan fingerprint density at radius 3 is 2.00 bits per heavy atom. The van der Waals surface area contributed by atoms with Crippen molar-refractivity contribution in [3.05, 3.63) is 173 Å². The van der Waals surface area contributed by atoms with Gasteiger partial charge in [0, 0.05) is 24.7 Å². The summed E-state index contributed by atoms with van der Waals surface area (Å²) in [7, 11) is 0. The molecule has 1 unspecified atom stereocenters. The predicted molar refractivity (Wildman–Crippen MR) is 251 cm³/mol. The van der Waals surface area contributed by atoms with E-state index in [0.717, 1.165) is 76.9 Å². The van der Waals surface area contributed by atoms with Crippen molar-refractivity contribution in [2.24, 2.45) is 0 Å². The van der Waals surface area contributed by atoms with E-state index in [1.807, 2.05) is 40.4 Å². The highest BCUT2D eigenvalue weighted by Crippen LogP contribution is 2.44. The molecule has 0 spiro atoms. The third-order valence-corrected chi connectivity index (χ3v) is 12.4. The number of fused-ring (bicyclic) bond motifs is 1. The SMILES string of the molecule is CCOc1nc2cccc(C(=O)OC(C)OC(=O)OC3CCCCC3)c2n1Cc1ccc(-c2c(-c3nnnn3C(c3ccccc3)(c3ccccc3)c3ccccc3)cc(C)n2CC)cc1. The number of nitrogens with zero attached hydrogens (tertiary/aromatic N) is 7. The maximum absolute atomic E-state index is 13.8. The molecule has 0 aliphatic heterocycles. The summed E-state index contributed by atoms with van der Waals surface area (Å²) in [5.41, 5.74) is 8.34. The molecular weight excluding hydrogens is 831 g/mol. The molecule has 0 radical (unpaired) electrons. The number of ether oxygens (including phenoxy) is 4. The molecule has 3 heterocycles. The topological polar surface area (TPSA) is 137 Å². The Bertz CT molecular complexity index is 2820. The molecule has 9 rings (SSSR count). The summed E-state index contributed by atoms with van der Waals surface area (Å²) in [6.45, 7) is 9.05. The summed E-state index contributed by atoms with van der Waals surface area (Å²) in [5, 5.41) is 14.0. The minimum Gasteiger partial charge on any atom is -0.465 e. The summed E-state index contributed by atoms with van der Waals surface area (Å²) < 4.78 is 28.7. The van der Waals surface area contributed by atoms with Gasteiger partial charge in [-0.15, -0.1) is 5.10 Å². The first kappa shape index (κ1) is 43.7. The van der Waals surface area contributed by atoms with Crippen LogP contribution in [0.3, 0.4) is 0 Å². The molecule has 66 heavy (non-hydrogen) atoms. The number of imidazole rings is 1. The zero-order chi connectivity index (χ0) is 45.6. The van der Waals surface area contributed by atoms with Gasteiger partial charge in [-0.1, -0.05) is 128 Å². The highest BCUT2D eigenvalue weighted by atomic mass is 16.8. The number of hydrogen-bond acceptors (Lipinski definition) is 10. The highest BCUT2D eigenvalue weighted by Gasteiger charge is 2.42. The van der Waals surface area contributed by atoms with E-state index in [1.165, 1.54) is 6.92 Å². The van der Waals surface area contributed by atoms with E-state index < -0.39 is 24.0 Å². The lowest BCUT2D eigenvalue weighted by Gasteiger charge is -2.36. The smallest absolute Gasteiger partial charge is 0.465 e. The van der Waals surface area contributed by atoms with Crippen LogP contribution in [0.2, 0.25) is 0 Å². The summed E-state index contributed by atoms with van der Waals surface area (Å²) in [6.07, 6.45) is 2.53. The number of para-hydroxylation sites is 1. The molecule has 0 N–H and O–H groups in total. The number of hydrogen-bond donors (Lipinski definition) is 0. The van der Waals surface area contributed by atoms with Gasteiger partial charge >= 0.3 is 12.1 Å². The van der Waals surface area contributed by atoms with Crippen LogP contribution in [0.5, 0.6) is 6.01 Å². The van der Waals surface area contributed by atoms with Crippen molar-refractivity contribution in [2.75, 3.05) is 6.61 Å². The van der Waals surface area contributed by atoms with Gasteiger partial charge in [-0.2, -0.15) is 4.98 Å². The molecule has 1 fully saturated rings. The first-order valence-electron chi connectivity index (χ1n) is 22.8. The van der Waals surface area contributed by atoms with E-state index in [-0.39, 0.29) is 11.7 Å². The molecule has 0 saturated heterocycles. The van der Waals surface area contributed by atoms with Crippen LogP contribution in [-0.4, -0.2) is 65.5 Å². The van der Waals surface area contributed by atoms with Crippen molar-refractivity contribution in [3.8, 4) is 28.7 Å². The van der Waals surface area contributed by atoms with Crippen molar-refractivity contribution >= 4 is 23.2 Å². The van der Waals surface area contributed by atoms with E-state index >= 15 is 0 Å². The number of benzene rings is 5. The first-order chi connectivity index (χ1) is 32.3. The number of rotatable bonds is 15. The van der Waals surface area contributed by atoms with Crippen molar-refractivity contribution in [2.45, 2.75) is 90.8 Å². The van der Waals surface area contributed by atoms with Crippen LogP contribution in [0.4, 0.5) is 4.79 Å². The van der Waals surface area contributed by atoms with E-state index in [0.29, 0.717) is 42.6 Å². The zero-order valence-corrected chi connectivity index (χ0v) is 37.7. The van der Waals surface area contributed by atoms with Crippen LogP contribution in [0.1, 0.15) is 91.2 Å². The average molecular weight is 884 g/mol. The summed E-state index contributed by atoms with van der Waals surface area (Å²) in [5.74, 6) is -0.0492. The maximum Gasteiger partial charge on any atom is 0.511 e. The number of aromatic nitrogens is 7. The Kier molecular flexibility index (Phi) is 12.8. The molecule has 1 aliphatic rings. The van der Waals surface area contributed by atoms with E-state index in [9.17, 15) is 9.59 Å². The fourth-order valence-corrected chi connectivity index (χ4v) is 9.44. The van der Waals surface area contributed by atoms with Crippen LogP contribution >= 0.6 is 0 Å². The largest absolute Gasteiger partial charge is 0.511 e. The lowest BCUT2D eigenvalue weighted by Crippen LogP contribution is -2.39. The molecule has 13 nitrogen and oxygen atoms in total. The molecule has 336 valence electrons. The molecule has 1 aliphatic carbocycles. The summed E-state index contributed by atoms with van der Waals surface area (Å²) >= 11 is 0. The monoisotopic (exact) mass is 883 g/mol. The summed E-state index contributed by atoms with van der Waals surface area (Å²) in [6, 6.07) is 47.3. The van der Waals surface area contributed by atoms with Gasteiger partial charge in [-0.25, -0.2) is 14.3 Å². The standard InChI is InChI=1S/C53H53N7O6/c1-5-58-36(3)34-45(49-55-56-57-60(49)53(40-20-11-7-12-21-40,41-22-13-8-14-23-41)42-24-15-9-16-25-42)47(58)39-32-30-38(31-33-39)35-59-48-44(28-19-29-46(48)54-51(59)63-6-2)50(61)64-37(4)65-52(62)66-43-26-17-10-18-27-43/h7-9,11-16,19-25,28-34,37,43H,5-6,10,17-18,26-27,35H2,1-4H3. The second-order valence-corrected chi connectivity index (χ2v) is 16.5. The molecule has 8 aromatic rings. The molecule has 3 aromatic heterocycles. The number of carbonyl (C=O) groups is 2. The van der Waals surface area contributed by atoms with Gasteiger partial charge < -0.3 is 23.5 Å². The maximum atomic E-state index is 13.8. The molecule has 5 aromatic carbocycles. The number of carbonyl (C=O) groups excluding carboxylic acids is 2. The van der Waals surface area contributed by atoms with Crippen LogP contribution < -0.4 is 4.74 Å². The van der Waals surface area contributed by atoms with Crippen LogP contribution in [0.15, 0.2) is 140 Å². The van der Waals surface area contributed by atoms with Crippen molar-refractivity contribution < 1.29 is 28.5 Å². The number of esters is 1. The number of aryl methyl sites for hydroxylation is 1. The van der Waals surface area contributed by atoms with Gasteiger partial charge in [0.05, 0.1) is 35.4 Å². The van der Waals surface area contributed by atoms with Gasteiger partial charge in [-0.05, 0) is 103 Å². The molecule has 1 atom stereocenters. The van der Waals surface area contributed by atoms with Gasteiger partial charge in [-0.3, -0.25) is 4.57 Å². The van der Waals surface area contributed by atoms with E-state index in [1.54, 1.807) is 12.1 Å². The van der Waals surface area contributed by atoms with Gasteiger partial charge in [0.25, 0.3) is 6.01 Å². The van der Waals surface area contributed by atoms with Crippen molar-refractivity contribution in [1.29, 1.82) is 0 Å². The molecule has 0 bridgehead atoms. The Balaban J connectivity index is 1.06.